The zero-order valence-corrected chi connectivity index (χ0v) is 6.96. The molecule has 0 aliphatic heterocycles. The Balaban J connectivity index is 2.45. The van der Waals surface area contributed by atoms with Gasteiger partial charge in [0.15, 0.2) is 0 Å². The molecule has 0 N–H and O–H groups in total. The monoisotopic (exact) mass is 148 g/mol. The normalized spacial score (nSPS) is 16.9. The third-order valence-corrected chi connectivity index (χ3v) is 2.34. The Bertz CT molecular complexity index is 277. The lowest BCUT2D eigenvalue weighted by Gasteiger charge is -2.03. The first-order valence-electron chi connectivity index (χ1n) is 4.07. The van der Waals surface area contributed by atoms with Gasteiger partial charge in [0.25, 0.3) is 0 Å². The molecule has 58 valence electrons. The third-order valence-electron chi connectivity index (χ3n) is 2.34. The Morgan fingerprint density at radius 3 is 2.64 bits per heavy atom. The van der Waals surface area contributed by atoms with Crippen LogP contribution in [-0.4, -0.2) is 9.97 Å². The van der Waals surface area contributed by atoms with E-state index in [-0.39, 0.29) is 0 Å². The van der Waals surface area contributed by atoms with Gasteiger partial charge in [-0.3, -0.25) is 0 Å². The van der Waals surface area contributed by atoms with Gasteiger partial charge in [-0.05, 0) is 32.3 Å². The lowest BCUT2D eigenvalue weighted by atomic mass is 10.1. The number of aromatic nitrogens is 2. The average Bonchev–Trinajstić information content (AvgIpc) is 2.77. The summed E-state index contributed by atoms with van der Waals surface area (Å²) in [6, 6.07) is 0. The van der Waals surface area contributed by atoms with Crippen LogP contribution < -0.4 is 0 Å². The molecule has 0 aromatic carbocycles. The minimum atomic E-state index is 0.747. The van der Waals surface area contributed by atoms with Crippen molar-refractivity contribution in [2.75, 3.05) is 0 Å². The van der Waals surface area contributed by atoms with Crippen LogP contribution in [0.25, 0.3) is 0 Å². The quantitative estimate of drug-likeness (QED) is 0.608. The number of rotatable bonds is 1. The second kappa shape index (κ2) is 2.29. The molecule has 1 aromatic rings. The topological polar surface area (TPSA) is 25.8 Å². The summed E-state index contributed by atoms with van der Waals surface area (Å²) in [6.45, 7) is 4.16. The van der Waals surface area contributed by atoms with Gasteiger partial charge < -0.3 is 0 Å². The molecule has 0 atom stereocenters. The van der Waals surface area contributed by atoms with Crippen LogP contribution in [-0.2, 0) is 0 Å². The maximum absolute atomic E-state index is 4.29. The van der Waals surface area contributed by atoms with Crippen molar-refractivity contribution in [2.45, 2.75) is 32.6 Å². The van der Waals surface area contributed by atoms with Crippen molar-refractivity contribution in [1.82, 2.24) is 9.97 Å². The molecular formula is C9H12N2. The predicted octanol–water partition coefficient (Wildman–Crippen LogP) is 1.97. The molecule has 1 fully saturated rings. The molecule has 0 bridgehead atoms. The van der Waals surface area contributed by atoms with Crippen molar-refractivity contribution >= 4 is 0 Å². The smallest absolute Gasteiger partial charge is 0.115 e. The minimum Gasteiger partial charge on any atom is -0.241 e. The van der Waals surface area contributed by atoms with E-state index in [1.165, 1.54) is 24.1 Å². The highest BCUT2D eigenvalue weighted by molar-refractivity contribution is 5.27. The highest BCUT2D eigenvalue weighted by Gasteiger charge is 2.26. The van der Waals surface area contributed by atoms with E-state index in [1.807, 2.05) is 6.92 Å². The molecule has 1 heterocycles. The summed E-state index contributed by atoms with van der Waals surface area (Å²) in [4.78, 5) is 8.43. The summed E-state index contributed by atoms with van der Waals surface area (Å²) >= 11 is 0. The minimum absolute atomic E-state index is 0.747. The molecular weight excluding hydrogens is 136 g/mol. The summed E-state index contributed by atoms with van der Waals surface area (Å²) in [5, 5.41) is 0. The van der Waals surface area contributed by atoms with E-state index < -0.39 is 0 Å². The van der Waals surface area contributed by atoms with Gasteiger partial charge in [0, 0.05) is 17.3 Å². The first kappa shape index (κ1) is 6.77. The van der Waals surface area contributed by atoms with Gasteiger partial charge >= 0.3 is 0 Å². The van der Waals surface area contributed by atoms with Gasteiger partial charge in [-0.2, -0.15) is 0 Å². The Kier molecular flexibility index (Phi) is 1.41. The van der Waals surface area contributed by atoms with Crippen molar-refractivity contribution in [2.24, 2.45) is 0 Å². The van der Waals surface area contributed by atoms with Crippen LogP contribution >= 0.6 is 0 Å². The van der Waals surface area contributed by atoms with E-state index in [0.29, 0.717) is 0 Å². The lowest BCUT2D eigenvalue weighted by molar-refractivity contribution is 0.934. The highest BCUT2D eigenvalue weighted by Crippen LogP contribution is 2.40. The SMILES string of the molecule is Cc1ncnc(C2CC2)c1C. The van der Waals surface area contributed by atoms with Crippen molar-refractivity contribution < 1.29 is 0 Å². The Morgan fingerprint density at radius 2 is 2.00 bits per heavy atom. The van der Waals surface area contributed by atoms with E-state index in [0.717, 1.165) is 11.6 Å². The zero-order chi connectivity index (χ0) is 7.84. The Hall–Kier alpha value is -0.920. The van der Waals surface area contributed by atoms with E-state index in [9.17, 15) is 0 Å². The molecule has 11 heavy (non-hydrogen) atoms. The molecule has 0 saturated heterocycles. The lowest BCUT2D eigenvalue weighted by Crippen LogP contribution is -1.96. The first-order chi connectivity index (χ1) is 5.29. The van der Waals surface area contributed by atoms with E-state index in [2.05, 4.69) is 16.9 Å². The summed E-state index contributed by atoms with van der Waals surface area (Å²) in [7, 11) is 0. The van der Waals surface area contributed by atoms with Crippen LogP contribution in [0.3, 0.4) is 0 Å². The van der Waals surface area contributed by atoms with Crippen LogP contribution in [0, 0.1) is 13.8 Å². The fourth-order valence-electron chi connectivity index (χ4n) is 1.33. The van der Waals surface area contributed by atoms with Gasteiger partial charge in [0.05, 0.1) is 0 Å². The van der Waals surface area contributed by atoms with Crippen molar-refractivity contribution in [3.05, 3.63) is 23.3 Å². The first-order valence-corrected chi connectivity index (χ1v) is 4.07. The molecule has 0 spiro atoms. The molecule has 0 unspecified atom stereocenters. The molecule has 0 radical (unpaired) electrons. The second-order valence-electron chi connectivity index (χ2n) is 3.24. The molecule has 2 nitrogen and oxygen atoms in total. The number of hydrogen-bond acceptors (Lipinski definition) is 2. The molecule has 1 aromatic heterocycles. The third kappa shape index (κ3) is 1.13. The maximum atomic E-state index is 4.29. The molecule has 2 rings (SSSR count). The molecule has 1 aliphatic carbocycles. The number of nitrogens with zero attached hydrogens (tertiary/aromatic N) is 2. The van der Waals surface area contributed by atoms with Gasteiger partial charge in [-0.25, -0.2) is 9.97 Å². The summed E-state index contributed by atoms with van der Waals surface area (Å²) < 4.78 is 0. The van der Waals surface area contributed by atoms with Gasteiger partial charge in [0.2, 0.25) is 0 Å². The van der Waals surface area contributed by atoms with Gasteiger partial charge in [-0.1, -0.05) is 0 Å². The number of aryl methyl sites for hydroxylation is 1. The second-order valence-corrected chi connectivity index (χ2v) is 3.24. The Morgan fingerprint density at radius 1 is 1.27 bits per heavy atom. The van der Waals surface area contributed by atoms with Crippen molar-refractivity contribution in [3.8, 4) is 0 Å². The fourth-order valence-corrected chi connectivity index (χ4v) is 1.33. The van der Waals surface area contributed by atoms with Gasteiger partial charge in [-0.15, -0.1) is 0 Å². The molecule has 0 amide bonds. The van der Waals surface area contributed by atoms with Crippen LogP contribution in [0.4, 0.5) is 0 Å². The van der Waals surface area contributed by atoms with Crippen LogP contribution in [0.15, 0.2) is 6.33 Å². The van der Waals surface area contributed by atoms with Crippen molar-refractivity contribution in [1.29, 1.82) is 0 Å². The van der Waals surface area contributed by atoms with Crippen molar-refractivity contribution in [3.63, 3.8) is 0 Å². The molecule has 1 saturated carbocycles. The standard InChI is InChI=1S/C9H12N2/c1-6-7(2)10-5-11-9(6)8-3-4-8/h5,8H,3-4H2,1-2H3. The fraction of sp³-hybridized carbons (Fsp3) is 0.556. The zero-order valence-electron chi connectivity index (χ0n) is 6.96. The maximum Gasteiger partial charge on any atom is 0.115 e. The largest absolute Gasteiger partial charge is 0.241 e. The average molecular weight is 148 g/mol. The predicted molar refractivity (Wildman–Crippen MR) is 43.5 cm³/mol. The molecule has 2 heteroatoms. The van der Waals surface area contributed by atoms with E-state index >= 15 is 0 Å². The van der Waals surface area contributed by atoms with E-state index in [4.69, 9.17) is 0 Å². The summed E-state index contributed by atoms with van der Waals surface area (Å²) in [6.07, 6.45) is 4.31. The number of hydrogen-bond donors (Lipinski definition) is 0. The van der Waals surface area contributed by atoms with Crippen LogP contribution in [0.1, 0.15) is 35.7 Å². The Labute approximate surface area is 66.7 Å². The highest BCUT2D eigenvalue weighted by atomic mass is 14.8. The summed E-state index contributed by atoms with van der Waals surface area (Å²) in [5.74, 6) is 0.747. The van der Waals surface area contributed by atoms with Crippen LogP contribution in [0.2, 0.25) is 0 Å². The van der Waals surface area contributed by atoms with E-state index in [1.54, 1.807) is 6.33 Å². The van der Waals surface area contributed by atoms with Gasteiger partial charge in [0.1, 0.15) is 6.33 Å². The summed E-state index contributed by atoms with van der Waals surface area (Å²) in [5.41, 5.74) is 3.69. The van der Waals surface area contributed by atoms with Crippen LogP contribution in [0.5, 0.6) is 0 Å². The molecule has 1 aliphatic rings.